The number of aryl methyl sites for hydroxylation is 1. The van der Waals surface area contributed by atoms with Gasteiger partial charge in [-0.1, -0.05) is 28.9 Å². The molecule has 4 aliphatic rings. The van der Waals surface area contributed by atoms with Gasteiger partial charge in [-0.15, -0.1) is 0 Å². The van der Waals surface area contributed by atoms with Gasteiger partial charge in [-0.05, 0) is 61.4 Å². The Morgan fingerprint density at radius 3 is 2.79 bits per heavy atom. The van der Waals surface area contributed by atoms with Crippen LogP contribution in [-0.2, 0) is 10.2 Å². The number of hydrogen-bond acceptors (Lipinski definition) is 6. The monoisotopic (exact) mass is 468 g/mol. The Kier molecular flexibility index (Phi) is 4.48. The Morgan fingerprint density at radius 1 is 1.24 bits per heavy atom. The van der Waals surface area contributed by atoms with Crippen molar-refractivity contribution >= 4 is 17.4 Å². The number of carbonyl (C=O) groups is 1. The molecule has 1 aliphatic heterocycles. The topological polar surface area (TPSA) is 85.5 Å². The summed E-state index contributed by atoms with van der Waals surface area (Å²) in [5.74, 6) is 1.15. The van der Waals surface area contributed by atoms with E-state index in [9.17, 15) is 14.3 Å². The van der Waals surface area contributed by atoms with E-state index in [1.807, 2.05) is 0 Å². The largest absolute Gasteiger partial charge is 0.482 e. The summed E-state index contributed by atoms with van der Waals surface area (Å²) in [5.41, 5.74) is 1.51. The van der Waals surface area contributed by atoms with Crippen LogP contribution in [0.4, 0.5) is 4.39 Å². The van der Waals surface area contributed by atoms with Crippen LogP contribution in [0.25, 0.3) is 11.4 Å². The van der Waals surface area contributed by atoms with Crippen molar-refractivity contribution in [3.05, 3.63) is 64.3 Å². The number of aliphatic hydroxyl groups is 1. The minimum Gasteiger partial charge on any atom is -0.482 e. The molecule has 170 valence electrons. The molecule has 33 heavy (non-hydrogen) atoms. The lowest BCUT2D eigenvalue weighted by atomic mass is 9.34. The Labute approximate surface area is 194 Å². The van der Waals surface area contributed by atoms with Crippen LogP contribution >= 0.6 is 11.6 Å². The van der Waals surface area contributed by atoms with Crippen LogP contribution in [0.3, 0.4) is 0 Å². The Hall–Kier alpha value is -2.77. The van der Waals surface area contributed by atoms with Gasteiger partial charge in [-0.3, -0.25) is 4.79 Å². The maximum atomic E-state index is 13.9. The molecule has 2 aromatic carbocycles. The summed E-state index contributed by atoms with van der Waals surface area (Å²) >= 11 is 6.01. The van der Waals surface area contributed by atoms with Crippen molar-refractivity contribution in [2.24, 2.45) is 5.41 Å². The fraction of sp³-hybridized carbons (Fsp3) is 0.400. The molecule has 0 amide bonds. The average Bonchev–Trinajstić information content (AvgIpc) is 3.21. The van der Waals surface area contributed by atoms with Crippen molar-refractivity contribution in [3.8, 4) is 17.1 Å². The van der Waals surface area contributed by atoms with Gasteiger partial charge < -0.3 is 14.4 Å². The van der Waals surface area contributed by atoms with Gasteiger partial charge in [0, 0.05) is 29.0 Å². The summed E-state index contributed by atoms with van der Waals surface area (Å²) < 4.78 is 25.3. The Morgan fingerprint density at radius 2 is 2.03 bits per heavy atom. The quantitative estimate of drug-likeness (QED) is 0.560. The first-order chi connectivity index (χ1) is 15.8. The number of rotatable bonds is 5. The fourth-order valence-electron chi connectivity index (χ4n) is 5.80. The second-order valence-electron chi connectivity index (χ2n) is 9.88. The van der Waals surface area contributed by atoms with Gasteiger partial charge in [-0.2, -0.15) is 4.98 Å². The van der Waals surface area contributed by atoms with Crippen LogP contribution in [0.15, 0.2) is 40.9 Å². The summed E-state index contributed by atoms with van der Waals surface area (Å²) in [6.45, 7) is 1.71. The molecule has 2 heterocycles. The van der Waals surface area contributed by atoms with E-state index in [4.69, 9.17) is 20.9 Å². The minimum absolute atomic E-state index is 0.00398. The van der Waals surface area contributed by atoms with E-state index < -0.39 is 12.2 Å². The number of fused-ring (bicyclic) bond motifs is 1. The molecule has 7 rings (SSSR count). The number of nitrogens with zero attached hydrogens (tertiary/aromatic N) is 2. The summed E-state index contributed by atoms with van der Waals surface area (Å²) in [6.07, 6.45) is 1.60. The first-order valence-corrected chi connectivity index (χ1v) is 11.4. The van der Waals surface area contributed by atoms with Gasteiger partial charge in [-0.25, -0.2) is 4.39 Å². The van der Waals surface area contributed by atoms with Crippen LogP contribution in [0.1, 0.15) is 55.2 Å². The normalized spacial score (nSPS) is 29.5. The summed E-state index contributed by atoms with van der Waals surface area (Å²) in [5, 5.41) is 15.0. The first kappa shape index (κ1) is 20.8. The molecule has 1 aromatic heterocycles. The number of benzene rings is 2. The van der Waals surface area contributed by atoms with E-state index in [2.05, 4.69) is 10.1 Å². The van der Waals surface area contributed by atoms with Crippen LogP contribution in [0, 0.1) is 18.2 Å². The minimum atomic E-state index is -0.774. The highest BCUT2D eigenvalue weighted by atomic mass is 35.5. The lowest BCUT2D eigenvalue weighted by molar-refractivity contribution is -0.172. The molecule has 0 spiro atoms. The second kappa shape index (κ2) is 7.11. The van der Waals surface area contributed by atoms with E-state index in [0.717, 1.165) is 19.3 Å². The number of aliphatic hydroxyl groups excluding tert-OH is 1. The van der Waals surface area contributed by atoms with E-state index in [1.54, 1.807) is 37.3 Å². The molecule has 0 unspecified atom stereocenters. The molecule has 3 fully saturated rings. The molecule has 3 aromatic rings. The lowest BCUT2D eigenvalue weighted by Gasteiger charge is -2.68. The fourth-order valence-corrected chi connectivity index (χ4v) is 5.98. The lowest BCUT2D eigenvalue weighted by Crippen LogP contribution is -2.65. The molecular weight excluding hydrogens is 447 g/mol. The summed E-state index contributed by atoms with van der Waals surface area (Å²) in [7, 11) is 0. The number of carbonyl (C=O) groups excluding carboxylic acids is 1. The maximum Gasteiger partial charge on any atom is 0.233 e. The Balaban J connectivity index is 1.11. The maximum absolute atomic E-state index is 13.9. The van der Waals surface area contributed by atoms with E-state index >= 15 is 0 Å². The smallest absolute Gasteiger partial charge is 0.233 e. The highest BCUT2D eigenvalue weighted by Gasteiger charge is 2.71. The van der Waals surface area contributed by atoms with Crippen molar-refractivity contribution in [3.63, 3.8) is 0 Å². The van der Waals surface area contributed by atoms with Gasteiger partial charge in [0.25, 0.3) is 0 Å². The molecule has 3 aliphatic carbocycles. The molecule has 3 saturated carbocycles. The van der Waals surface area contributed by atoms with E-state index in [0.29, 0.717) is 45.6 Å². The van der Waals surface area contributed by atoms with Crippen LogP contribution in [0.2, 0.25) is 5.02 Å². The van der Waals surface area contributed by atoms with Crippen molar-refractivity contribution in [2.75, 3.05) is 0 Å². The third-order valence-electron chi connectivity index (χ3n) is 7.40. The molecule has 0 radical (unpaired) electrons. The second-order valence-corrected chi connectivity index (χ2v) is 10.3. The highest BCUT2D eigenvalue weighted by molar-refractivity contribution is 6.30. The number of hydrogen-bond donors (Lipinski definition) is 1. The molecule has 2 bridgehead atoms. The van der Waals surface area contributed by atoms with Gasteiger partial charge in [0.05, 0.1) is 11.5 Å². The molecule has 8 heteroatoms. The Bertz CT molecular complexity index is 1270. The third-order valence-corrected chi connectivity index (χ3v) is 7.63. The summed E-state index contributed by atoms with van der Waals surface area (Å²) in [6, 6.07) is 9.95. The molecule has 0 saturated heterocycles. The molecule has 1 N–H and O–H groups in total. The van der Waals surface area contributed by atoms with Crippen molar-refractivity contribution in [1.82, 2.24) is 10.1 Å². The number of Topliss-reactive ketones (excluding diaryl/α,β-unsaturated/α-hetero) is 1. The van der Waals surface area contributed by atoms with Crippen LogP contribution in [-0.4, -0.2) is 27.1 Å². The predicted molar refractivity (Wildman–Crippen MR) is 117 cm³/mol. The van der Waals surface area contributed by atoms with Gasteiger partial charge in [0.15, 0.2) is 11.9 Å². The zero-order valence-corrected chi connectivity index (χ0v) is 18.7. The standard InChI is InChI=1S/C25H22ClFN2O4/c1-13-2-3-14(6-17(13)27)22-28-23(33-29-22)25-10-24(11-25,12-25)9-19(31)21-8-18(30)16-7-15(26)4-5-20(16)32-21/h2-7,18,21,30H,8-12H2,1H3/t18-,21-,24?,25?/m0/s1. The van der Waals surface area contributed by atoms with Crippen molar-refractivity contribution in [2.45, 2.75) is 56.7 Å². The first-order valence-electron chi connectivity index (χ1n) is 11.0. The van der Waals surface area contributed by atoms with Crippen LogP contribution in [0.5, 0.6) is 5.75 Å². The zero-order valence-electron chi connectivity index (χ0n) is 18.0. The third kappa shape index (κ3) is 3.28. The van der Waals surface area contributed by atoms with Crippen LogP contribution < -0.4 is 4.74 Å². The van der Waals surface area contributed by atoms with Gasteiger partial charge >= 0.3 is 0 Å². The number of ketones is 1. The van der Waals surface area contributed by atoms with Gasteiger partial charge in [0.1, 0.15) is 11.6 Å². The van der Waals surface area contributed by atoms with E-state index in [-0.39, 0.29) is 28.9 Å². The highest BCUT2D eigenvalue weighted by Crippen LogP contribution is 2.75. The SMILES string of the molecule is Cc1ccc(-c2noc(C34CC(CC(=O)[C@@H]5C[C@H](O)c6cc(Cl)ccc6O5)(C3)C4)n2)cc1F. The van der Waals surface area contributed by atoms with Crippen molar-refractivity contribution < 1.29 is 23.6 Å². The number of ether oxygens (including phenoxy) is 1. The van der Waals surface area contributed by atoms with Gasteiger partial charge in [0.2, 0.25) is 11.7 Å². The average molecular weight is 469 g/mol. The predicted octanol–water partition coefficient (Wildman–Crippen LogP) is 5.10. The number of halogens is 2. The number of aromatic nitrogens is 2. The van der Waals surface area contributed by atoms with E-state index in [1.165, 1.54) is 6.07 Å². The zero-order chi connectivity index (χ0) is 23.0. The summed E-state index contributed by atoms with van der Waals surface area (Å²) in [4.78, 5) is 17.5. The van der Waals surface area contributed by atoms with Crippen molar-refractivity contribution in [1.29, 1.82) is 0 Å². The molecule has 2 atom stereocenters. The molecular formula is C25H22ClFN2O4. The molecule has 6 nitrogen and oxygen atoms in total.